The monoisotopic (exact) mass is 181 g/mol. The summed E-state index contributed by atoms with van der Waals surface area (Å²) in [6, 6.07) is 5.21. The molecule has 0 bridgehead atoms. The van der Waals surface area contributed by atoms with Crippen LogP contribution in [0.4, 0.5) is 5.69 Å². The van der Waals surface area contributed by atoms with Gasteiger partial charge in [0.15, 0.2) is 17.6 Å². The smallest absolute Gasteiger partial charge is 0.163 e. The average Bonchev–Trinajstić information content (AvgIpc) is 2.16. The topological polar surface area (TPSA) is 64.7 Å². The van der Waals surface area contributed by atoms with E-state index in [4.69, 9.17) is 20.3 Å². The molecule has 0 unspecified atom stereocenters. The van der Waals surface area contributed by atoms with Crippen molar-refractivity contribution in [3.8, 4) is 11.5 Å². The molecule has 2 rings (SSSR count). The van der Waals surface area contributed by atoms with Gasteiger partial charge in [0.2, 0.25) is 0 Å². The van der Waals surface area contributed by atoms with E-state index in [-0.39, 0.29) is 12.7 Å². The van der Waals surface area contributed by atoms with Crippen LogP contribution in [-0.2, 0) is 0 Å². The zero-order valence-corrected chi connectivity index (χ0v) is 7.06. The first-order chi connectivity index (χ1) is 6.29. The molecule has 0 fully saturated rings. The quantitative estimate of drug-likeness (QED) is 0.615. The molecular formula is C9H11NO3. The molecule has 0 radical (unpaired) electrons. The molecule has 4 heteroatoms. The largest absolute Gasteiger partial charge is 0.486 e. The number of ether oxygens (including phenoxy) is 2. The molecule has 0 aliphatic carbocycles. The lowest BCUT2D eigenvalue weighted by atomic mass is 10.2. The van der Waals surface area contributed by atoms with Gasteiger partial charge in [-0.2, -0.15) is 0 Å². The predicted molar refractivity (Wildman–Crippen MR) is 47.9 cm³/mol. The Morgan fingerprint density at radius 2 is 2.31 bits per heavy atom. The van der Waals surface area contributed by atoms with Gasteiger partial charge in [0.05, 0.1) is 6.61 Å². The van der Waals surface area contributed by atoms with Gasteiger partial charge in [-0.1, -0.05) is 0 Å². The minimum absolute atomic E-state index is 0.0474. The lowest BCUT2D eigenvalue weighted by Crippen LogP contribution is -2.32. The van der Waals surface area contributed by atoms with Crippen molar-refractivity contribution < 1.29 is 14.6 Å². The number of hydrogen-bond acceptors (Lipinski definition) is 4. The van der Waals surface area contributed by atoms with Crippen molar-refractivity contribution in [1.82, 2.24) is 0 Å². The Morgan fingerprint density at radius 1 is 1.46 bits per heavy atom. The highest BCUT2D eigenvalue weighted by Crippen LogP contribution is 2.33. The number of fused-ring (bicyclic) bond motifs is 1. The van der Waals surface area contributed by atoms with Crippen molar-refractivity contribution in [3.05, 3.63) is 18.2 Å². The molecule has 0 saturated carbocycles. The molecule has 1 heterocycles. The fraction of sp³-hybridized carbons (Fsp3) is 0.333. The lowest BCUT2D eigenvalue weighted by Gasteiger charge is -2.25. The van der Waals surface area contributed by atoms with Crippen LogP contribution in [0.15, 0.2) is 18.2 Å². The lowest BCUT2D eigenvalue weighted by molar-refractivity contribution is 0.0457. The minimum Gasteiger partial charge on any atom is -0.486 e. The number of anilines is 1. The average molecular weight is 181 g/mol. The van der Waals surface area contributed by atoms with Gasteiger partial charge in [0.25, 0.3) is 0 Å². The molecule has 70 valence electrons. The first-order valence-corrected chi connectivity index (χ1v) is 4.09. The summed E-state index contributed by atoms with van der Waals surface area (Å²) in [5, 5.41) is 8.85. The number of nitrogen functional groups attached to an aromatic ring is 1. The first-order valence-electron chi connectivity index (χ1n) is 4.09. The zero-order chi connectivity index (χ0) is 9.26. The maximum Gasteiger partial charge on any atom is 0.163 e. The van der Waals surface area contributed by atoms with Crippen LogP contribution in [0.25, 0.3) is 0 Å². The van der Waals surface area contributed by atoms with Gasteiger partial charge in [-0.15, -0.1) is 0 Å². The summed E-state index contributed by atoms with van der Waals surface area (Å²) in [5.74, 6) is 1.28. The predicted octanol–water partition coefficient (Wildman–Crippen LogP) is 0.401. The summed E-state index contributed by atoms with van der Waals surface area (Å²) in [6.45, 7) is 0.335. The Kier molecular flexibility index (Phi) is 1.98. The van der Waals surface area contributed by atoms with E-state index in [1.165, 1.54) is 0 Å². The first kappa shape index (κ1) is 8.19. The van der Waals surface area contributed by atoms with Crippen LogP contribution in [0.1, 0.15) is 0 Å². The van der Waals surface area contributed by atoms with Crippen LogP contribution in [0.5, 0.6) is 11.5 Å². The molecule has 1 aliphatic rings. The molecule has 0 amide bonds. The van der Waals surface area contributed by atoms with Crippen molar-refractivity contribution in [2.24, 2.45) is 0 Å². The highest BCUT2D eigenvalue weighted by atomic mass is 16.6. The number of benzene rings is 1. The van der Waals surface area contributed by atoms with E-state index in [0.717, 1.165) is 0 Å². The third kappa shape index (κ3) is 1.53. The van der Waals surface area contributed by atoms with Crippen LogP contribution < -0.4 is 15.2 Å². The van der Waals surface area contributed by atoms with Gasteiger partial charge in [-0.25, -0.2) is 0 Å². The fourth-order valence-electron chi connectivity index (χ4n) is 1.22. The van der Waals surface area contributed by atoms with Crippen LogP contribution in [0, 0.1) is 0 Å². The van der Waals surface area contributed by atoms with Crippen molar-refractivity contribution in [1.29, 1.82) is 0 Å². The Bertz CT molecular complexity index is 314. The second-order valence-electron chi connectivity index (χ2n) is 2.94. The Labute approximate surface area is 75.9 Å². The fourth-order valence-corrected chi connectivity index (χ4v) is 1.22. The highest BCUT2D eigenvalue weighted by Gasteiger charge is 2.19. The molecule has 0 aromatic heterocycles. The van der Waals surface area contributed by atoms with Crippen LogP contribution in [-0.4, -0.2) is 24.4 Å². The van der Waals surface area contributed by atoms with Crippen molar-refractivity contribution in [3.63, 3.8) is 0 Å². The Balaban J connectivity index is 2.27. The number of rotatable bonds is 1. The number of nitrogens with two attached hydrogens (primary N) is 1. The molecule has 1 aromatic rings. The normalized spacial score (nSPS) is 19.9. The summed E-state index contributed by atoms with van der Waals surface area (Å²) in [5.41, 5.74) is 6.20. The zero-order valence-electron chi connectivity index (χ0n) is 7.06. The number of hydrogen-bond donors (Lipinski definition) is 2. The van der Waals surface area contributed by atoms with E-state index in [1.54, 1.807) is 18.2 Å². The SMILES string of the molecule is Nc1ccc2c(c1)O[C@H](CO)CO2. The standard InChI is InChI=1S/C9H11NO3/c10-6-1-2-8-9(3-6)13-7(4-11)5-12-8/h1-3,7,11H,4-5,10H2/t7-/m1/s1. The van der Waals surface area contributed by atoms with Crippen LogP contribution >= 0.6 is 0 Å². The van der Waals surface area contributed by atoms with Gasteiger partial charge in [-0.3, -0.25) is 0 Å². The van der Waals surface area contributed by atoms with Crippen molar-refractivity contribution in [2.45, 2.75) is 6.10 Å². The highest BCUT2D eigenvalue weighted by molar-refractivity contribution is 5.52. The second-order valence-corrected chi connectivity index (χ2v) is 2.94. The maximum atomic E-state index is 8.85. The third-order valence-electron chi connectivity index (χ3n) is 1.89. The van der Waals surface area contributed by atoms with E-state index < -0.39 is 0 Å². The van der Waals surface area contributed by atoms with E-state index in [2.05, 4.69) is 0 Å². The van der Waals surface area contributed by atoms with Gasteiger partial charge < -0.3 is 20.3 Å². The summed E-state index contributed by atoms with van der Waals surface area (Å²) in [6.07, 6.45) is -0.283. The van der Waals surface area contributed by atoms with Gasteiger partial charge in [-0.05, 0) is 12.1 Å². The third-order valence-corrected chi connectivity index (χ3v) is 1.89. The van der Waals surface area contributed by atoms with E-state index in [0.29, 0.717) is 23.8 Å². The van der Waals surface area contributed by atoms with Crippen LogP contribution in [0.2, 0.25) is 0 Å². The summed E-state index contributed by atoms with van der Waals surface area (Å²) >= 11 is 0. The molecule has 4 nitrogen and oxygen atoms in total. The summed E-state index contributed by atoms with van der Waals surface area (Å²) in [7, 11) is 0. The Morgan fingerprint density at radius 3 is 3.08 bits per heavy atom. The molecular weight excluding hydrogens is 170 g/mol. The van der Waals surface area contributed by atoms with Gasteiger partial charge in [0.1, 0.15) is 6.61 Å². The van der Waals surface area contributed by atoms with E-state index in [1.807, 2.05) is 0 Å². The van der Waals surface area contributed by atoms with Gasteiger partial charge >= 0.3 is 0 Å². The second kappa shape index (κ2) is 3.14. The van der Waals surface area contributed by atoms with Crippen molar-refractivity contribution in [2.75, 3.05) is 18.9 Å². The molecule has 1 aromatic carbocycles. The summed E-state index contributed by atoms with van der Waals surface area (Å²) < 4.78 is 10.7. The molecule has 0 saturated heterocycles. The van der Waals surface area contributed by atoms with Crippen molar-refractivity contribution >= 4 is 5.69 Å². The van der Waals surface area contributed by atoms with E-state index in [9.17, 15) is 0 Å². The Hall–Kier alpha value is -1.42. The molecule has 1 aliphatic heterocycles. The molecule has 3 N–H and O–H groups in total. The van der Waals surface area contributed by atoms with E-state index >= 15 is 0 Å². The minimum atomic E-state index is -0.283. The molecule has 13 heavy (non-hydrogen) atoms. The maximum absolute atomic E-state index is 8.85. The summed E-state index contributed by atoms with van der Waals surface area (Å²) in [4.78, 5) is 0. The number of aliphatic hydroxyl groups is 1. The van der Waals surface area contributed by atoms with Gasteiger partial charge in [0, 0.05) is 11.8 Å². The molecule has 1 atom stereocenters. The molecule has 0 spiro atoms. The van der Waals surface area contributed by atoms with Crippen LogP contribution in [0.3, 0.4) is 0 Å². The number of aliphatic hydroxyl groups excluding tert-OH is 1.